The number of hydrogen-bond donors (Lipinski definition) is 0. The summed E-state index contributed by atoms with van der Waals surface area (Å²) in [7, 11) is 1.76. The fourth-order valence-electron chi connectivity index (χ4n) is 5.07. The van der Waals surface area contributed by atoms with Gasteiger partial charge in [-0.1, -0.05) is 72.8 Å². The number of likely N-dealkylation sites (N-methyl/N-ethyl adjacent to an activating group) is 1. The topological polar surface area (TPSA) is 32.8 Å². The van der Waals surface area contributed by atoms with Crippen LogP contribution in [0.25, 0.3) is 0 Å². The predicted octanol–water partition coefficient (Wildman–Crippen LogP) is 6.40. The van der Waals surface area contributed by atoms with E-state index in [0.29, 0.717) is 17.9 Å². The number of ether oxygens (including phenoxy) is 1. The maximum Gasteiger partial charge on any atom is 0.267 e. The Bertz CT molecular complexity index is 1360. The Labute approximate surface area is 217 Å². The van der Waals surface area contributed by atoms with Gasteiger partial charge in [0.15, 0.2) is 6.10 Å². The first-order valence-corrected chi connectivity index (χ1v) is 12.7. The summed E-state index contributed by atoms with van der Waals surface area (Å²) in [4.78, 5) is 17.0. The molecular weight excluding hydrogens is 463 g/mol. The summed E-state index contributed by atoms with van der Waals surface area (Å²) in [5.74, 6) is 0.339. The van der Waals surface area contributed by atoms with Gasteiger partial charge in [0.25, 0.3) is 5.91 Å². The van der Waals surface area contributed by atoms with Gasteiger partial charge < -0.3 is 9.64 Å². The second kappa shape index (κ2) is 11.0. The van der Waals surface area contributed by atoms with Gasteiger partial charge in [-0.25, -0.2) is 4.39 Å². The van der Waals surface area contributed by atoms with Crippen LogP contribution in [-0.2, 0) is 17.8 Å². The first kappa shape index (κ1) is 24.7. The number of fused-ring (bicyclic) bond motifs is 1. The lowest BCUT2D eigenvalue weighted by atomic mass is 9.87. The minimum absolute atomic E-state index is 0.0499. The van der Waals surface area contributed by atoms with Crippen LogP contribution in [0.5, 0.6) is 5.75 Å². The van der Waals surface area contributed by atoms with Crippen LogP contribution in [0.15, 0.2) is 103 Å². The molecule has 1 heterocycles. The zero-order valence-electron chi connectivity index (χ0n) is 21.2. The second-order valence-corrected chi connectivity index (χ2v) is 9.48. The van der Waals surface area contributed by atoms with Crippen LogP contribution in [0.2, 0.25) is 0 Å². The maximum absolute atomic E-state index is 14.6. The highest BCUT2D eigenvalue weighted by Crippen LogP contribution is 2.38. The number of benzene rings is 4. The summed E-state index contributed by atoms with van der Waals surface area (Å²) in [5.41, 5.74) is 5.02. The van der Waals surface area contributed by atoms with Crippen molar-refractivity contribution in [1.29, 1.82) is 0 Å². The third-order valence-corrected chi connectivity index (χ3v) is 7.03. The molecule has 4 aromatic rings. The van der Waals surface area contributed by atoms with E-state index in [0.717, 1.165) is 29.8 Å². The van der Waals surface area contributed by atoms with Crippen molar-refractivity contribution in [1.82, 2.24) is 4.90 Å². The molecule has 2 atom stereocenters. The lowest BCUT2D eigenvalue weighted by Gasteiger charge is -2.38. The van der Waals surface area contributed by atoms with E-state index in [1.807, 2.05) is 72.8 Å². The van der Waals surface area contributed by atoms with Crippen LogP contribution in [0.4, 0.5) is 10.1 Å². The molecule has 0 aliphatic carbocycles. The van der Waals surface area contributed by atoms with E-state index >= 15 is 0 Å². The predicted molar refractivity (Wildman–Crippen MR) is 145 cm³/mol. The van der Waals surface area contributed by atoms with Crippen LogP contribution in [0.1, 0.15) is 35.2 Å². The van der Waals surface area contributed by atoms with E-state index in [2.05, 4.69) is 23.1 Å². The molecule has 4 nitrogen and oxygen atoms in total. The molecule has 1 aliphatic heterocycles. The fourth-order valence-corrected chi connectivity index (χ4v) is 5.07. The van der Waals surface area contributed by atoms with Crippen molar-refractivity contribution in [2.75, 3.05) is 18.5 Å². The van der Waals surface area contributed by atoms with E-state index in [1.165, 1.54) is 11.6 Å². The first-order chi connectivity index (χ1) is 18.0. The van der Waals surface area contributed by atoms with Crippen molar-refractivity contribution < 1.29 is 13.9 Å². The number of carbonyl (C=O) groups is 1. The molecule has 0 N–H and O–H groups in total. The third kappa shape index (κ3) is 5.42. The molecule has 0 spiro atoms. The number of anilines is 1. The summed E-state index contributed by atoms with van der Waals surface area (Å²) in [5, 5.41) is 0. The van der Waals surface area contributed by atoms with E-state index in [1.54, 1.807) is 24.9 Å². The third-order valence-electron chi connectivity index (χ3n) is 7.03. The van der Waals surface area contributed by atoms with Gasteiger partial charge in [-0.15, -0.1) is 0 Å². The van der Waals surface area contributed by atoms with E-state index in [-0.39, 0.29) is 17.8 Å². The van der Waals surface area contributed by atoms with Gasteiger partial charge in [-0.2, -0.15) is 0 Å². The number of rotatable bonds is 7. The summed E-state index contributed by atoms with van der Waals surface area (Å²) >= 11 is 0. The van der Waals surface area contributed by atoms with Gasteiger partial charge in [-0.3, -0.25) is 9.69 Å². The number of amides is 1. The highest BCUT2D eigenvalue weighted by molar-refractivity contribution is 5.96. The quantitative estimate of drug-likeness (QED) is 0.298. The number of hydrogen-bond acceptors (Lipinski definition) is 3. The average Bonchev–Trinajstić information content (AvgIpc) is 2.94. The van der Waals surface area contributed by atoms with Gasteiger partial charge in [0.2, 0.25) is 0 Å². The smallest absolute Gasteiger partial charge is 0.267 e. The minimum atomic E-state index is -0.656. The molecule has 0 bridgehead atoms. The summed E-state index contributed by atoms with van der Waals surface area (Å²) in [6, 6.07) is 32.8. The first-order valence-electron chi connectivity index (χ1n) is 12.7. The molecule has 0 saturated heterocycles. The zero-order chi connectivity index (χ0) is 25.8. The largest absolute Gasteiger partial charge is 0.481 e. The van der Waals surface area contributed by atoms with E-state index in [9.17, 15) is 9.18 Å². The number of carbonyl (C=O) groups excluding carboxylic acids is 1. The van der Waals surface area contributed by atoms with E-state index < -0.39 is 6.10 Å². The Morgan fingerprint density at radius 3 is 2.38 bits per heavy atom. The highest BCUT2D eigenvalue weighted by Gasteiger charge is 2.30. The lowest BCUT2D eigenvalue weighted by molar-refractivity contribution is -0.124. The summed E-state index contributed by atoms with van der Waals surface area (Å²) < 4.78 is 20.7. The number of nitrogens with zero attached hydrogens (tertiary/aromatic N) is 2. The number of para-hydroxylation sites is 1. The Morgan fingerprint density at radius 2 is 1.65 bits per heavy atom. The Kier molecular flexibility index (Phi) is 7.33. The van der Waals surface area contributed by atoms with Crippen LogP contribution in [0.3, 0.4) is 0 Å². The van der Waals surface area contributed by atoms with Crippen LogP contribution in [0, 0.1) is 5.82 Å². The van der Waals surface area contributed by atoms with Crippen molar-refractivity contribution in [3.63, 3.8) is 0 Å². The van der Waals surface area contributed by atoms with Gasteiger partial charge in [0, 0.05) is 31.4 Å². The van der Waals surface area contributed by atoms with Crippen molar-refractivity contribution >= 4 is 11.6 Å². The van der Waals surface area contributed by atoms with Crippen LogP contribution in [-0.4, -0.2) is 30.5 Å². The molecule has 5 rings (SSSR count). The summed E-state index contributed by atoms with van der Waals surface area (Å²) in [6.07, 6.45) is 0.204. The molecule has 2 unspecified atom stereocenters. The monoisotopic (exact) mass is 494 g/mol. The van der Waals surface area contributed by atoms with Gasteiger partial charge >= 0.3 is 0 Å². The van der Waals surface area contributed by atoms with Gasteiger partial charge in [-0.05, 0) is 60.4 Å². The molecule has 0 fully saturated rings. The van der Waals surface area contributed by atoms with E-state index in [4.69, 9.17) is 4.74 Å². The molecule has 188 valence electrons. The fraction of sp³-hybridized carbons (Fsp3) is 0.219. The van der Waals surface area contributed by atoms with Crippen molar-refractivity contribution in [2.24, 2.45) is 0 Å². The van der Waals surface area contributed by atoms with Crippen LogP contribution >= 0.6 is 0 Å². The maximum atomic E-state index is 14.6. The van der Waals surface area contributed by atoms with Gasteiger partial charge in [0.05, 0.1) is 6.04 Å². The van der Waals surface area contributed by atoms with Crippen molar-refractivity contribution in [2.45, 2.75) is 32.0 Å². The summed E-state index contributed by atoms with van der Waals surface area (Å²) in [6.45, 7) is 3.10. The zero-order valence-corrected chi connectivity index (χ0v) is 21.2. The Balaban J connectivity index is 1.43. The second-order valence-electron chi connectivity index (χ2n) is 9.48. The van der Waals surface area contributed by atoms with Crippen molar-refractivity contribution in [3.05, 3.63) is 131 Å². The molecular formula is C32H31FN2O2. The Hall–Kier alpha value is -3.96. The molecule has 1 aliphatic rings. The SMILES string of the molecule is CC(Oc1ccc2c(c1)C(c1ccccc1)N(Cc1ccccc1F)CC2)C(=O)N(C)c1ccccc1. The molecule has 0 saturated carbocycles. The number of halogens is 1. The molecule has 5 heteroatoms. The normalized spacial score (nSPS) is 16.0. The minimum Gasteiger partial charge on any atom is -0.481 e. The standard InChI is InChI=1S/C32H31FN2O2/c1-23(32(36)34(2)27-14-7-4-8-15-27)37-28-18-17-24-19-20-35(22-26-13-9-10-16-30(26)33)31(29(24)21-28)25-11-5-3-6-12-25/h3-18,21,23,31H,19-20,22H2,1-2H3. The highest BCUT2D eigenvalue weighted by atomic mass is 19.1. The average molecular weight is 495 g/mol. The molecule has 1 amide bonds. The Morgan fingerprint density at radius 1 is 0.973 bits per heavy atom. The lowest BCUT2D eigenvalue weighted by Crippen LogP contribution is -2.38. The van der Waals surface area contributed by atoms with Gasteiger partial charge in [0.1, 0.15) is 11.6 Å². The van der Waals surface area contributed by atoms with Crippen molar-refractivity contribution in [3.8, 4) is 5.75 Å². The molecule has 4 aromatic carbocycles. The molecule has 37 heavy (non-hydrogen) atoms. The molecule has 0 aromatic heterocycles. The molecule has 0 radical (unpaired) electrons. The van der Waals surface area contributed by atoms with Crippen LogP contribution < -0.4 is 9.64 Å².